The summed E-state index contributed by atoms with van der Waals surface area (Å²) in [5, 5.41) is 1.79. The van der Waals surface area contributed by atoms with E-state index in [-0.39, 0.29) is 5.56 Å². The van der Waals surface area contributed by atoms with Crippen molar-refractivity contribution >= 4 is 10.8 Å². The molecular weight excluding hydrogens is 262 g/mol. The lowest BCUT2D eigenvalue weighted by Gasteiger charge is -2.07. The maximum atomic E-state index is 11.8. The molecule has 3 rings (SSSR count). The average molecular weight is 279 g/mol. The van der Waals surface area contributed by atoms with Crippen molar-refractivity contribution in [3.05, 3.63) is 76.2 Å². The van der Waals surface area contributed by atoms with Crippen LogP contribution in [0, 0.1) is 0 Å². The van der Waals surface area contributed by atoms with Gasteiger partial charge in [0, 0.05) is 11.6 Å². The number of rotatable bonds is 4. The number of pyridine rings is 1. The lowest BCUT2D eigenvalue weighted by atomic mass is 9.99. The molecule has 3 aromatic rings. The third-order valence-corrected chi connectivity index (χ3v) is 3.75. The first kappa shape index (κ1) is 13.4. The Kier molecular flexibility index (Phi) is 3.73. The molecule has 0 amide bonds. The van der Waals surface area contributed by atoms with Gasteiger partial charge >= 0.3 is 0 Å². The summed E-state index contributed by atoms with van der Waals surface area (Å²) < 4.78 is 5.16. The highest BCUT2D eigenvalue weighted by Crippen LogP contribution is 2.18. The van der Waals surface area contributed by atoms with Crippen molar-refractivity contribution in [1.82, 2.24) is 4.98 Å². The first-order valence-corrected chi connectivity index (χ1v) is 7.00. The van der Waals surface area contributed by atoms with E-state index in [0.29, 0.717) is 0 Å². The lowest BCUT2D eigenvalue weighted by Crippen LogP contribution is -2.05. The van der Waals surface area contributed by atoms with Gasteiger partial charge in [-0.05, 0) is 53.6 Å². The molecule has 21 heavy (non-hydrogen) atoms. The van der Waals surface area contributed by atoms with E-state index in [9.17, 15) is 4.79 Å². The first-order chi connectivity index (χ1) is 10.3. The summed E-state index contributed by atoms with van der Waals surface area (Å²) in [7, 11) is 1.67. The third-order valence-electron chi connectivity index (χ3n) is 3.75. The Labute approximate surface area is 123 Å². The highest BCUT2D eigenvalue weighted by atomic mass is 16.5. The van der Waals surface area contributed by atoms with Gasteiger partial charge in [0.05, 0.1) is 7.11 Å². The van der Waals surface area contributed by atoms with E-state index in [2.05, 4.69) is 23.2 Å². The Morgan fingerprint density at radius 2 is 1.76 bits per heavy atom. The molecule has 2 aromatic carbocycles. The number of hydrogen-bond acceptors (Lipinski definition) is 2. The van der Waals surface area contributed by atoms with Gasteiger partial charge in [0.15, 0.2) is 0 Å². The van der Waals surface area contributed by atoms with E-state index in [0.717, 1.165) is 29.4 Å². The van der Waals surface area contributed by atoms with Crippen molar-refractivity contribution in [2.75, 3.05) is 7.11 Å². The van der Waals surface area contributed by atoms with Crippen LogP contribution in [0.25, 0.3) is 10.8 Å². The fourth-order valence-corrected chi connectivity index (χ4v) is 2.58. The van der Waals surface area contributed by atoms with Crippen molar-refractivity contribution in [3.63, 3.8) is 0 Å². The molecule has 106 valence electrons. The highest BCUT2D eigenvalue weighted by molar-refractivity contribution is 5.84. The Bertz CT molecular complexity index is 803. The Morgan fingerprint density at radius 1 is 0.952 bits per heavy atom. The normalized spacial score (nSPS) is 10.7. The zero-order valence-corrected chi connectivity index (χ0v) is 11.9. The van der Waals surface area contributed by atoms with Gasteiger partial charge in [-0.25, -0.2) is 0 Å². The fourth-order valence-electron chi connectivity index (χ4n) is 2.58. The van der Waals surface area contributed by atoms with Gasteiger partial charge < -0.3 is 9.72 Å². The first-order valence-electron chi connectivity index (χ1n) is 7.00. The molecule has 1 aromatic heterocycles. The molecule has 0 fully saturated rings. The van der Waals surface area contributed by atoms with Gasteiger partial charge in [-0.1, -0.05) is 24.3 Å². The standard InChI is InChI=1S/C18H17NO2/c1-21-15-9-6-13(7-10-15)5-8-14-3-2-4-17-16(14)11-12-19-18(17)20/h2-4,6-7,9-12H,5,8H2,1H3,(H,19,20). The summed E-state index contributed by atoms with van der Waals surface area (Å²) in [5.41, 5.74) is 2.44. The third kappa shape index (κ3) is 2.82. The number of aromatic amines is 1. The summed E-state index contributed by atoms with van der Waals surface area (Å²) in [6, 6.07) is 16.0. The Morgan fingerprint density at radius 3 is 2.52 bits per heavy atom. The van der Waals surface area contributed by atoms with E-state index in [1.54, 1.807) is 13.3 Å². The van der Waals surface area contributed by atoms with Gasteiger partial charge in [0.1, 0.15) is 5.75 Å². The minimum atomic E-state index is -0.0289. The molecule has 0 saturated heterocycles. The second-order valence-corrected chi connectivity index (χ2v) is 5.03. The van der Waals surface area contributed by atoms with Crippen LogP contribution in [0.15, 0.2) is 59.5 Å². The molecule has 1 heterocycles. The minimum absolute atomic E-state index is 0.0289. The molecule has 0 saturated carbocycles. The van der Waals surface area contributed by atoms with Crippen molar-refractivity contribution in [2.24, 2.45) is 0 Å². The second-order valence-electron chi connectivity index (χ2n) is 5.03. The van der Waals surface area contributed by atoms with Crippen molar-refractivity contribution in [1.29, 1.82) is 0 Å². The maximum Gasteiger partial charge on any atom is 0.255 e. The van der Waals surface area contributed by atoms with E-state index in [4.69, 9.17) is 4.74 Å². The van der Waals surface area contributed by atoms with Gasteiger partial charge in [0.25, 0.3) is 5.56 Å². The van der Waals surface area contributed by atoms with Crippen molar-refractivity contribution < 1.29 is 4.74 Å². The van der Waals surface area contributed by atoms with Crippen molar-refractivity contribution in [3.8, 4) is 5.75 Å². The number of hydrogen-bond donors (Lipinski definition) is 1. The fraction of sp³-hybridized carbons (Fsp3) is 0.167. The number of nitrogens with one attached hydrogen (secondary N) is 1. The SMILES string of the molecule is COc1ccc(CCc2cccc3c(=O)[nH]ccc23)cc1. The molecule has 0 aliphatic heterocycles. The number of benzene rings is 2. The van der Waals surface area contributed by atoms with Gasteiger partial charge in [-0.15, -0.1) is 0 Å². The predicted molar refractivity (Wildman–Crippen MR) is 85.0 cm³/mol. The number of H-pyrrole nitrogens is 1. The second kappa shape index (κ2) is 5.83. The predicted octanol–water partition coefficient (Wildman–Crippen LogP) is 3.32. The lowest BCUT2D eigenvalue weighted by molar-refractivity contribution is 0.414. The van der Waals surface area contributed by atoms with Crippen LogP contribution in [0.5, 0.6) is 5.75 Å². The molecule has 3 heteroatoms. The molecule has 3 nitrogen and oxygen atoms in total. The molecule has 0 aliphatic carbocycles. The molecule has 0 unspecified atom stereocenters. The molecule has 0 bridgehead atoms. The van der Waals surface area contributed by atoms with Crippen LogP contribution in [-0.4, -0.2) is 12.1 Å². The van der Waals surface area contributed by atoms with Crippen LogP contribution < -0.4 is 10.3 Å². The number of aromatic nitrogens is 1. The van der Waals surface area contributed by atoms with Crippen LogP contribution in [0.4, 0.5) is 0 Å². The molecule has 0 spiro atoms. The number of ether oxygens (including phenoxy) is 1. The topological polar surface area (TPSA) is 42.1 Å². The summed E-state index contributed by atoms with van der Waals surface area (Å²) in [6.07, 6.45) is 3.56. The van der Waals surface area contributed by atoms with E-state index < -0.39 is 0 Å². The van der Waals surface area contributed by atoms with Crippen LogP contribution >= 0.6 is 0 Å². The van der Waals surface area contributed by atoms with Crippen molar-refractivity contribution in [2.45, 2.75) is 12.8 Å². The van der Waals surface area contributed by atoms with E-state index >= 15 is 0 Å². The molecule has 0 radical (unpaired) electrons. The molecule has 0 aliphatic rings. The van der Waals surface area contributed by atoms with Gasteiger partial charge in [0.2, 0.25) is 0 Å². The van der Waals surface area contributed by atoms with Gasteiger partial charge in [-0.3, -0.25) is 4.79 Å². The zero-order chi connectivity index (χ0) is 14.7. The highest BCUT2D eigenvalue weighted by Gasteiger charge is 2.04. The largest absolute Gasteiger partial charge is 0.497 e. The van der Waals surface area contributed by atoms with E-state index in [1.807, 2.05) is 30.3 Å². The average Bonchev–Trinajstić information content (AvgIpc) is 2.54. The molecule has 0 atom stereocenters. The van der Waals surface area contributed by atoms with E-state index in [1.165, 1.54) is 11.1 Å². The van der Waals surface area contributed by atoms with Crippen LogP contribution in [0.3, 0.4) is 0 Å². The minimum Gasteiger partial charge on any atom is -0.497 e. The quantitative estimate of drug-likeness (QED) is 0.796. The van der Waals surface area contributed by atoms with Crippen LogP contribution in [-0.2, 0) is 12.8 Å². The molecule has 1 N–H and O–H groups in total. The maximum absolute atomic E-state index is 11.8. The summed E-state index contributed by atoms with van der Waals surface area (Å²) in [6.45, 7) is 0. The van der Waals surface area contributed by atoms with Gasteiger partial charge in [-0.2, -0.15) is 0 Å². The smallest absolute Gasteiger partial charge is 0.255 e. The number of fused-ring (bicyclic) bond motifs is 1. The van der Waals surface area contributed by atoms with Crippen LogP contribution in [0.2, 0.25) is 0 Å². The molecular formula is C18H17NO2. The summed E-state index contributed by atoms with van der Waals surface area (Å²) >= 11 is 0. The monoisotopic (exact) mass is 279 g/mol. The van der Waals surface area contributed by atoms with Crippen LogP contribution in [0.1, 0.15) is 11.1 Å². The zero-order valence-electron chi connectivity index (χ0n) is 11.9. The number of methoxy groups -OCH3 is 1. The summed E-state index contributed by atoms with van der Waals surface area (Å²) in [5.74, 6) is 0.871. The Balaban J connectivity index is 1.85. The number of aryl methyl sites for hydroxylation is 2. The summed E-state index contributed by atoms with van der Waals surface area (Å²) in [4.78, 5) is 14.5. The Hall–Kier alpha value is -2.55.